The van der Waals surface area contributed by atoms with Gasteiger partial charge in [-0.3, -0.25) is 9.89 Å². The molecule has 0 saturated carbocycles. The molecule has 0 bridgehead atoms. The van der Waals surface area contributed by atoms with Crippen LogP contribution in [-0.2, 0) is 23.2 Å². The average Bonchev–Trinajstić information content (AvgIpc) is 3.65. The standard InChI is InChI=1S/C34H33Cl2F3N6O4S/c1-4-49-28-19-24(34(37,38)39)9-14-27(28)32-41-30(22-5-10-25(35)11-6-22)31(23-7-12-26(36)13-8-23)45(32)33(46)43-15-17-44(18-16-43)50(47,48)29-20-42(3)21(2)40-29/h5-14,19-20,30-31H,4,15-18H2,1-3H3. The van der Waals surface area contributed by atoms with Crippen LogP contribution in [0.1, 0.15) is 47.1 Å². The van der Waals surface area contributed by atoms with Crippen molar-refractivity contribution in [3.8, 4) is 5.75 Å². The number of sulfonamides is 1. The van der Waals surface area contributed by atoms with Crippen molar-refractivity contribution in [3.63, 3.8) is 0 Å². The largest absolute Gasteiger partial charge is 0.493 e. The Morgan fingerprint density at radius 3 is 2.08 bits per heavy atom. The molecular weight excluding hydrogens is 716 g/mol. The van der Waals surface area contributed by atoms with Crippen molar-refractivity contribution in [2.24, 2.45) is 12.0 Å². The van der Waals surface area contributed by atoms with Crippen LogP contribution in [0.4, 0.5) is 18.0 Å². The molecule has 50 heavy (non-hydrogen) atoms. The van der Waals surface area contributed by atoms with Crippen molar-refractivity contribution in [2.75, 3.05) is 32.8 Å². The van der Waals surface area contributed by atoms with Crippen LogP contribution in [-0.4, -0.2) is 76.7 Å². The van der Waals surface area contributed by atoms with E-state index in [1.165, 1.54) is 26.4 Å². The number of nitrogens with zero attached hydrogens (tertiary/aromatic N) is 6. The van der Waals surface area contributed by atoms with Gasteiger partial charge in [0.1, 0.15) is 23.5 Å². The number of hydrogen-bond acceptors (Lipinski definition) is 6. The number of urea groups is 1. The normalized spacial score (nSPS) is 18.8. The van der Waals surface area contributed by atoms with E-state index in [4.69, 9.17) is 32.9 Å². The molecular formula is C34H33Cl2F3N6O4S. The van der Waals surface area contributed by atoms with Crippen molar-refractivity contribution in [1.82, 2.24) is 23.7 Å². The van der Waals surface area contributed by atoms with Gasteiger partial charge in [0.15, 0.2) is 5.03 Å². The number of piperazine rings is 1. The highest BCUT2D eigenvalue weighted by Crippen LogP contribution is 2.46. The third kappa shape index (κ3) is 6.94. The van der Waals surface area contributed by atoms with Gasteiger partial charge >= 0.3 is 12.2 Å². The molecule has 6 rings (SSSR count). The van der Waals surface area contributed by atoms with Crippen molar-refractivity contribution in [1.29, 1.82) is 0 Å². The second-order valence-electron chi connectivity index (χ2n) is 11.9. The maximum atomic E-state index is 14.8. The number of benzene rings is 3. The molecule has 2 amide bonds. The van der Waals surface area contributed by atoms with Crippen LogP contribution in [0.15, 0.2) is 82.9 Å². The quantitative estimate of drug-likeness (QED) is 0.200. The maximum Gasteiger partial charge on any atom is 0.416 e. The molecule has 2 aliphatic heterocycles. The SMILES string of the molecule is CCOc1cc(C(F)(F)F)ccc1C1=NC(c2ccc(Cl)cc2)C(c2ccc(Cl)cc2)N1C(=O)N1CCN(S(=O)(=O)c2cn(C)c(C)n2)CC1. The van der Waals surface area contributed by atoms with Gasteiger partial charge in [-0.25, -0.2) is 18.2 Å². The van der Waals surface area contributed by atoms with Gasteiger partial charge in [0, 0.05) is 49.5 Å². The molecule has 2 aliphatic rings. The van der Waals surface area contributed by atoms with E-state index in [0.29, 0.717) is 27.0 Å². The minimum atomic E-state index is -4.64. The minimum Gasteiger partial charge on any atom is -0.493 e. The fraction of sp³-hybridized carbons (Fsp3) is 0.324. The number of rotatable bonds is 7. The molecule has 2 unspecified atom stereocenters. The number of aryl methyl sites for hydroxylation is 2. The topological polar surface area (TPSA) is 100 Å². The Balaban J connectivity index is 1.43. The van der Waals surface area contributed by atoms with Gasteiger partial charge in [0.25, 0.3) is 10.0 Å². The highest BCUT2D eigenvalue weighted by Gasteiger charge is 2.46. The Hall–Kier alpha value is -4.11. The number of carbonyl (C=O) groups is 1. The first-order valence-corrected chi connectivity index (χ1v) is 17.9. The molecule has 3 aromatic carbocycles. The molecule has 1 aromatic heterocycles. The molecule has 0 radical (unpaired) electrons. The van der Waals surface area contributed by atoms with E-state index in [0.717, 1.165) is 12.1 Å². The van der Waals surface area contributed by atoms with Crippen LogP contribution < -0.4 is 4.74 Å². The molecule has 10 nitrogen and oxygen atoms in total. The van der Waals surface area contributed by atoms with Crippen LogP contribution in [0.3, 0.4) is 0 Å². The molecule has 264 valence electrons. The predicted octanol–water partition coefficient (Wildman–Crippen LogP) is 7.12. The minimum absolute atomic E-state index is 0.000706. The number of ether oxygens (including phenoxy) is 1. The predicted molar refractivity (Wildman–Crippen MR) is 183 cm³/mol. The highest BCUT2D eigenvalue weighted by molar-refractivity contribution is 7.89. The Morgan fingerprint density at radius 2 is 1.54 bits per heavy atom. The Morgan fingerprint density at radius 1 is 0.940 bits per heavy atom. The Labute approximate surface area is 297 Å². The van der Waals surface area contributed by atoms with Crippen molar-refractivity contribution >= 4 is 45.1 Å². The van der Waals surface area contributed by atoms with E-state index in [-0.39, 0.29) is 55.0 Å². The number of alkyl halides is 3. The first-order valence-electron chi connectivity index (χ1n) is 15.7. The van der Waals surface area contributed by atoms with Gasteiger partial charge in [-0.05, 0) is 67.4 Å². The summed E-state index contributed by atoms with van der Waals surface area (Å²) >= 11 is 12.5. The Kier molecular flexibility index (Phi) is 9.92. The molecule has 0 aliphatic carbocycles. The molecule has 16 heteroatoms. The second kappa shape index (κ2) is 13.9. The molecule has 0 N–H and O–H groups in total. The summed E-state index contributed by atoms with van der Waals surface area (Å²) in [6, 6.07) is 15.0. The summed E-state index contributed by atoms with van der Waals surface area (Å²) in [5, 5.41) is 0.878. The lowest BCUT2D eigenvalue weighted by atomic mass is 9.93. The number of amidine groups is 1. The maximum absolute atomic E-state index is 14.8. The van der Waals surface area contributed by atoms with E-state index in [1.807, 2.05) is 0 Å². The third-order valence-electron chi connectivity index (χ3n) is 8.75. The zero-order chi connectivity index (χ0) is 36.0. The molecule has 0 spiro atoms. The van der Waals surface area contributed by atoms with Gasteiger partial charge < -0.3 is 14.2 Å². The van der Waals surface area contributed by atoms with Crippen LogP contribution >= 0.6 is 23.2 Å². The van der Waals surface area contributed by atoms with Crippen molar-refractivity contribution < 1.29 is 31.1 Å². The molecule has 4 aromatic rings. The number of halogens is 5. The second-order valence-corrected chi connectivity index (χ2v) is 14.6. The highest BCUT2D eigenvalue weighted by atomic mass is 35.5. The molecule has 1 saturated heterocycles. The smallest absolute Gasteiger partial charge is 0.416 e. The number of aromatic nitrogens is 2. The number of amides is 2. The number of aliphatic imine (C=N–C) groups is 1. The summed E-state index contributed by atoms with van der Waals surface area (Å²) in [6.45, 7) is 3.49. The van der Waals surface area contributed by atoms with E-state index < -0.39 is 39.9 Å². The van der Waals surface area contributed by atoms with Gasteiger partial charge in [-0.1, -0.05) is 47.5 Å². The molecule has 2 atom stereocenters. The van der Waals surface area contributed by atoms with E-state index in [1.54, 1.807) is 74.0 Å². The van der Waals surface area contributed by atoms with Crippen LogP contribution in [0, 0.1) is 6.92 Å². The summed E-state index contributed by atoms with van der Waals surface area (Å²) in [7, 11) is -2.22. The van der Waals surface area contributed by atoms with E-state index >= 15 is 0 Å². The van der Waals surface area contributed by atoms with Gasteiger partial charge in [-0.2, -0.15) is 17.5 Å². The third-order valence-corrected chi connectivity index (χ3v) is 11.0. The van der Waals surface area contributed by atoms with Crippen LogP contribution in [0.25, 0.3) is 0 Å². The summed E-state index contributed by atoms with van der Waals surface area (Å²) in [5.74, 6) is 0.551. The fourth-order valence-corrected chi connectivity index (χ4v) is 7.77. The average molecular weight is 750 g/mol. The van der Waals surface area contributed by atoms with Crippen LogP contribution in [0.5, 0.6) is 5.75 Å². The summed E-state index contributed by atoms with van der Waals surface area (Å²) in [6.07, 6.45) is -3.19. The van der Waals surface area contributed by atoms with E-state index in [2.05, 4.69) is 4.98 Å². The van der Waals surface area contributed by atoms with Crippen LogP contribution in [0.2, 0.25) is 10.0 Å². The Bertz CT molecular complexity index is 2010. The number of imidazole rings is 1. The van der Waals surface area contributed by atoms with Gasteiger partial charge in [-0.15, -0.1) is 0 Å². The van der Waals surface area contributed by atoms with Crippen molar-refractivity contribution in [3.05, 3.63) is 111 Å². The van der Waals surface area contributed by atoms with E-state index in [9.17, 15) is 26.4 Å². The summed E-state index contributed by atoms with van der Waals surface area (Å²) in [5.41, 5.74) is 0.645. The first-order chi connectivity index (χ1) is 23.7. The monoisotopic (exact) mass is 748 g/mol. The zero-order valence-electron chi connectivity index (χ0n) is 27.2. The van der Waals surface area contributed by atoms with Crippen molar-refractivity contribution in [2.45, 2.75) is 37.1 Å². The first kappa shape index (κ1) is 35.7. The lowest BCUT2D eigenvalue weighted by Crippen LogP contribution is -2.55. The lowest BCUT2D eigenvalue weighted by Gasteiger charge is -2.38. The molecule has 3 heterocycles. The molecule has 1 fully saturated rings. The number of carbonyl (C=O) groups excluding carboxylic acids is 1. The summed E-state index contributed by atoms with van der Waals surface area (Å²) < 4.78 is 76.9. The van der Waals surface area contributed by atoms with Gasteiger partial charge in [0.2, 0.25) is 0 Å². The number of hydrogen-bond donors (Lipinski definition) is 0. The van der Waals surface area contributed by atoms with Gasteiger partial charge in [0.05, 0.1) is 23.8 Å². The zero-order valence-corrected chi connectivity index (χ0v) is 29.6. The summed E-state index contributed by atoms with van der Waals surface area (Å²) in [4.78, 5) is 26.9. The lowest BCUT2D eigenvalue weighted by molar-refractivity contribution is -0.137. The fourth-order valence-electron chi connectivity index (χ4n) is 6.07.